The molecule has 2 aliphatic carbocycles. The SMILES string of the molecule is CNC(C1Cc2ccccc2C1)C1CCCC(C)C1. The van der Waals surface area contributed by atoms with Crippen molar-refractivity contribution >= 4 is 0 Å². The molecule has 3 rings (SSSR count). The molecular weight excluding hydrogens is 230 g/mol. The van der Waals surface area contributed by atoms with Gasteiger partial charge in [-0.1, -0.05) is 44.0 Å². The molecule has 2 aliphatic rings. The number of hydrogen-bond donors (Lipinski definition) is 1. The van der Waals surface area contributed by atoms with E-state index in [-0.39, 0.29) is 0 Å². The minimum absolute atomic E-state index is 0.718. The molecule has 104 valence electrons. The maximum atomic E-state index is 3.67. The normalized spacial score (nSPS) is 29.2. The van der Waals surface area contributed by atoms with Crippen LogP contribution in [0.4, 0.5) is 0 Å². The lowest BCUT2D eigenvalue weighted by Crippen LogP contribution is -2.42. The first-order valence-electron chi connectivity index (χ1n) is 8.02. The van der Waals surface area contributed by atoms with Gasteiger partial charge in [0.2, 0.25) is 0 Å². The van der Waals surface area contributed by atoms with Crippen LogP contribution in [0, 0.1) is 17.8 Å². The third-order valence-corrected chi connectivity index (χ3v) is 5.41. The molecule has 19 heavy (non-hydrogen) atoms. The molecule has 1 fully saturated rings. The van der Waals surface area contributed by atoms with Gasteiger partial charge < -0.3 is 5.32 Å². The monoisotopic (exact) mass is 257 g/mol. The Morgan fingerprint density at radius 2 is 1.74 bits per heavy atom. The summed E-state index contributed by atoms with van der Waals surface area (Å²) >= 11 is 0. The van der Waals surface area contributed by atoms with Crippen LogP contribution in [-0.4, -0.2) is 13.1 Å². The van der Waals surface area contributed by atoms with Gasteiger partial charge in [0, 0.05) is 6.04 Å². The lowest BCUT2D eigenvalue weighted by molar-refractivity contribution is 0.186. The Morgan fingerprint density at radius 3 is 2.32 bits per heavy atom. The van der Waals surface area contributed by atoms with Crippen LogP contribution in [0.5, 0.6) is 0 Å². The Bertz CT molecular complexity index is 400. The highest BCUT2D eigenvalue weighted by molar-refractivity contribution is 5.32. The second-order valence-corrected chi connectivity index (χ2v) is 6.78. The second kappa shape index (κ2) is 5.66. The number of nitrogens with one attached hydrogen (secondary N) is 1. The highest BCUT2D eigenvalue weighted by Gasteiger charge is 2.34. The predicted molar refractivity (Wildman–Crippen MR) is 81.3 cm³/mol. The number of rotatable bonds is 3. The Morgan fingerprint density at radius 1 is 1.05 bits per heavy atom. The first-order chi connectivity index (χ1) is 9.28. The van der Waals surface area contributed by atoms with Gasteiger partial charge >= 0.3 is 0 Å². The van der Waals surface area contributed by atoms with Crippen molar-refractivity contribution in [3.05, 3.63) is 35.4 Å². The van der Waals surface area contributed by atoms with E-state index in [0.717, 1.165) is 23.8 Å². The molecule has 1 saturated carbocycles. The van der Waals surface area contributed by atoms with Crippen LogP contribution in [0.3, 0.4) is 0 Å². The fraction of sp³-hybridized carbons (Fsp3) is 0.667. The van der Waals surface area contributed by atoms with Crippen molar-refractivity contribution in [1.82, 2.24) is 5.32 Å². The number of fused-ring (bicyclic) bond motifs is 1. The van der Waals surface area contributed by atoms with E-state index in [9.17, 15) is 0 Å². The number of benzene rings is 1. The number of hydrogen-bond acceptors (Lipinski definition) is 1. The molecule has 1 aromatic rings. The van der Waals surface area contributed by atoms with Crippen LogP contribution >= 0.6 is 0 Å². The maximum absolute atomic E-state index is 3.67. The van der Waals surface area contributed by atoms with Gasteiger partial charge in [0.1, 0.15) is 0 Å². The minimum Gasteiger partial charge on any atom is -0.316 e. The fourth-order valence-corrected chi connectivity index (χ4v) is 4.51. The molecule has 0 heterocycles. The van der Waals surface area contributed by atoms with Crippen molar-refractivity contribution in [3.8, 4) is 0 Å². The van der Waals surface area contributed by atoms with Crippen LogP contribution in [-0.2, 0) is 12.8 Å². The van der Waals surface area contributed by atoms with E-state index < -0.39 is 0 Å². The highest BCUT2D eigenvalue weighted by Crippen LogP contribution is 2.37. The molecule has 1 N–H and O–H groups in total. The Hall–Kier alpha value is -0.820. The van der Waals surface area contributed by atoms with Crippen LogP contribution in [0.25, 0.3) is 0 Å². The van der Waals surface area contributed by atoms with Crippen LogP contribution in [0.2, 0.25) is 0 Å². The van der Waals surface area contributed by atoms with Gasteiger partial charge in [-0.3, -0.25) is 0 Å². The van der Waals surface area contributed by atoms with Crippen molar-refractivity contribution < 1.29 is 0 Å². The zero-order valence-corrected chi connectivity index (χ0v) is 12.4. The molecule has 0 aliphatic heterocycles. The third kappa shape index (κ3) is 2.72. The summed E-state index contributed by atoms with van der Waals surface area (Å²) in [6.45, 7) is 2.43. The molecular formula is C18H27N. The first-order valence-corrected chi connectivity index (χ1v) is 8.02. The Balaban J connectivity index is 1.71. The molecule has 1 aromatic carbocycles. The largest absolute Gasteiger partial charge is 0.316 e. The lowest BCUT2D eigenvalue weighted by atomic mass is 9.74. The maximum Gasteiger partial charge on any atom is 0.0127 e. The molecule has 1 heteroatoms. The topological polar surface area (TPSA) is 12.0 Å². The summed E-state index contributed by atoms with van der Waals surface area (Å²) in [6.07, 6.45) is 8.31. The molecule has 0 spiro atoms. The van der Waals surface area contributed by atoms with Gasteiger partial charge in [-0.25, -0.2) is 0 Å². The molecule has 0 amide bonds. The van der Waals surface area contributed by atoms with E-state index in [1.54, 1.807) is 11.1 Å². The standard InChI is InChI=1S/C18H27N/c1-13-6-5-9-16(10-13)18(19-2)17-11-14-7-3-4-8-15(14)12-17/h3-4,7-8,13,16-19H,5-6,9-12H2,1-2H3. The van der Waals surface area contributed by atoms with Gasteiger partial charge in [0.05, 0.1) is 0 Å². The quantitative estimate of drug-likeness (QED) is 0.868. The van der Waals surface area contributed by atoms with Crippen molar-refractivity contribution in [1.29, 1.82) is 0 Å². The van der Waals surface area contributed by atoms with E-state index >= 15 is 0 Å². The average Bonchev–Trinajstić information content (AvgIpc) is 2.83. The summed E-state index contributed by atoms with van der Waals surface area (Å²) in [5.74, 6) is 2.64. The lowest BCUT2D eigenvalue weighted by Gasteiger charge is -2.36. The van der Waals surface area contributed by atoms with Gasteiger partial charge in [0.15, 0.2) is 0 Å². The third-order valence-electron chi connectivity index (χ3n) is 5.41. The Kier molecular flexibility index (Phi) is 3.93. The van der Waals surface area contributed by atoms with E-state index in [2.05, 4.69) is 43.6 Å². The fourth-order valence-electron chi connectivity index (χ4n) is 4.51. The molecule has 0 radical (unpaired) electrons. The highest BCUT2D eigenvalue weighted by atomic mass is 14.9. The minimum atomic E-state index is 0.718. The first kappa shape index (κ1) is 13.2. The van der Waals surface area contributed by atoms with Gasteiger partial charge in [0.25, 0.3) is 0 Å². The van der Waals surface area contributed by atoms with Crippen molar-refractivity contribution in [3.63, 3.8) is 0 Å². The molecule has 0 aromatic heterocycles. The summed E-state index contributed by atoms with van der Waals surface area (Å²) in [7, 11) is 2.17. The van der Waals surface area contributed by atoms with Crippen molar-refractivity contribution in [2.45, 2.75) is 51.5 Å². The van der Waals surface area contributed by atoms with E-state index in [0.29, 0.717) is 0 Å². The zero-order chi connectivity index (χ0) is 13.2. The van der Waals surface area contributed by atoms with Crippen LogP contribution in [0.1, 0.15) is 43.7 Å². The van der Waals surface area contributed by atoms with Crippen LogP contribution in [0.15, 0.2) is 24.3 Å². The van der Waals surface area contributed by atoms with Gasteiger partial charge in [-0.05, 0) is 61.6 Å². The molecule has 0 saturated heterocycles. The zero-order valence-electron chi connectivity index (χ0n) is 12.4. The average molecular weight is 257 g/mol. The van der Waals surface area contributed by atoms with Crippen LogP contribution < -0.4 is 5.32 Å². The summed E-state index contributed by atoms with van der Waals surface area (Å²) in [5, 5.41) is 3.67. The van der Waals surface area contributed by atoms with E-state index in [4.69, 9.17) is 0 Å². The molecule has 3 unspecified atom stereocenters. The summed E-state index contributed by atoms with van der Waals surface area (Å²) in [4.78, 5) is 0. The van der Waals surface area contributed by atoms with E-state index in [1.165, 1.54) is 38.5 Å². The Labute approximate surface area is 117 Å². The van der Waals surface area contributed by atoms with Crippen molar-refractivity contribution in [2.24, 2.45) is 17.8 Å². The summed E-state index contributed by atoms with van der Waals surface area (Å²) < 4.78 is 0. The van der Waals surface area contributed by atoms with Crippen molar-refractivity contribution in [2.75, 3.05) is 7.05 Å². The predicted octanol–water partition coefficient (Wildman–Crippen LogP) is 3.82. The van der Waals surface area contributed by atoms with Gasteiger partial charge in [-0.15, -0.1) is 0 Å². The summed E-state index contributed by atoms with van der Waals surface area (Å²) in [6, 6.07) is 9.75. The van der Waals surface area contributed by atoms with Gasteiger partial charge in [-0.2, -0.15) is 0 Å². The molecule has 0 bridgehead atoms. The second-order valence-electron chi connectivity index (χ2n) is 6.78. The summed E-state index contributed by atoms with van der Waals surface area (Å²) in [5.41, 5.74) is 3.19. The smallest absolute Gasteiger partial charge is 0.0127 e. The molecule has 3 atom stereocenters. The van der Waals surface area contributed by atoms with E-state index in [1.807, 2.05) is 0 Å². The molecule has 1 nitrogen and oxygen atoms in total.